The number of ether oxygens (including phenoxy) is 2. The summed E-state index contributed by atoms with van der Waals surface area (Å²) in [6.45, 7) is 3.79. The largest absolute Gasteiger partial charge is 0.452 e. The van der Waals surface area contributed by atoms with Gasteiger partial charge in [0.1, 0.15) is 5.82 Å². The molecule has 0 N–H and O–H groups in total. The van der Waals surface area contributed by atoms with Crippen LogP contribution < -0.4 is 0 Å². The number of amides is 1. The van der Waals surface area contributed by atoms with Crippen molar-refractivity contribution in [2.75, 3.05) is 40.0 Å². The quantitative estimate of drug-likeness (QED) is 0.669. The summed E-state index contributed by atoms with van der Waals surface area (Å²) in [5, 5.41) is 0. The minimum atomic E-state index is -0.560. The second-order valence-corrected chi connectivity index (χ2v) is 7.00. The van der Waals surface area contributed by atoms with E-state index in [1.165, 1.54) is 11.0 Å². The van der Waals surface area contributed by atoms with E-state index < -0.39 is 11.9 Å². The van der Waals surface area contributed by atoms with Crippen LogP contribution in [0.25, 0.3) is 0 Å². The van der Waals surface area contributed by atoms with E-state index in [1.54, 1.807) is 37.4 Å². The molecule has 0 radical (unpaired) electrons. The van der Waals surface area contributed by atoms with Crippen molar-refractivity contribution < 1.29 is 23.5 Å². The van der Waals surface area contributed by atoms with E-state index in [2.05, 4.69) is 4.90 Å². The maximum absolute atomic E-state index is 13.7. The number of nitrogens with zero attached hydrogens (tertiary/aromatic N) is 2. The Labute approximate surface area is 169 Å². The lowest BCUT2D eigenvalue weighted by Crippen LogP contribution is -2.35. The van der Waals surface area contributed by atoms with Crippen LogP contribution in [-0.2, 0) is 27.4 Å². The fourth-order valence-electron chi connectivity index (χ4n) is 3.05. The van der Waals surface area contributed by atoms with Crippen LogP contribution in [0, 0.1) is 5.82 Å². The van der Waals surface area contributed by atoms with Crippen molar-refractivity contribution >= 4 is 11.9 Å². The Morgan fingerprint density at radius 2 is 1.79 bits per heavy atom. The molecule has 1 heterocycles. The molecule has 0 saturated carbocycles. The molecule has 7 heteroatoms. The highest BCUT2D eigenvalue weighted by molar-refractivity contribution is 5.91. The van der Waals surface area contributed by atoms with Crippen LogP contribution in [0.15, 0.2) is 48.5 Å². The van der Waals surface area contributed by atoms with Gasteiger partial charge >= 0.3 is 5.97 Å². The van der Waals surface area contributed by atoms with E-state index in [0.717, 1.165) is 38.4 Å². The van der Waals surface area contributed by atoms with Crippen LogP contribution in [0.2, 0.25) is 0 Å². The zero-order valence-corrected chi connectivity index (χ0v) is 16.5. The highest BCUT2D eigenvalue weighted by Crippen LogP contribution is 2.11. The van der Waals surface area contributed by atoms with Gasteiger partial charge in [-0.05, 0) is 23.8 Å². The molecule has 0 unspecified atom stereocenters. The Morgan fingerprint density at radius 3 is 2.48 bits per heavy atom. The highest BCUT2D eigenvalue weighted by Gasteiger charge is 2.16. The first-order valence-corrected chi connectivity index (χ1v) is 9.56. The second kappa shape index (κ2) is 10.1. The van der Waals surface area contributed by atoms with Crippen molar-refractivity contribution in [2.24, 2.45) is 0 Å². The number of halogens is 1. The van der Waals surface area contributed by atoms with Gasteiger partial charge in [-0.1, -0.05) is 30.3 Å². The highest BCUT2D eigenvalue weighted by atomic mass is 19.1. The summed E-state index contributed by atoms with van der Waals surface area (Å²) in [5.41, 5.74) is 1.90. The van der Waals surface area contributed by atoms with Gasteiger partial charge in [-0.2, -0.15) is 0 Å². The average Bonchev–Trinajstić information content (AvgIpc) is 2.74. The Balaban J connectivity index is 1.47. The van der Waals surface area contributed by atoms with Crippen molar-refractivity contribution in [2.45, 2.75) is 13.1 Å². The van der Waals surface area contributed by atoms with Gasteiger partial charge in [-0.25, -0.2) is 9.18 Å². The molecule has 154 valence electrons. The average molecular weight is 400 g/mol. The number of hydrogen-bond donors (Lipinski definition) is 0. The summed E-state index contributed by atoms with van der Waals surface area (Å²) >= 11 is 0. The van der Waals surface area contributed by atoms with E-state index in [1.807, 2.05) is 12.1 Å². The second-order valence-electron chi connectivity index (χ2n) is 7.00. The Bertz CT molecular complexity index is 835. The predicted octanol–water partition coefficient (Wildman–Crippen LogP) is 2.47. The fraction of sp³-hybridized carbons (Fsp3) is 0.364. The molecule has 3 rings (SSSR count). The molecule has 0 aliphatic carbocycles. The van der Waals surface area contributed by atoms with Crippen LogP contribution >= 0.6 is 0 Å². The Kier molecular flexibility index (Phi) is 7.32. The first kappa shape index (κ1) is 21.0. The smallest absolute Gasteiger partial charge is 0.338 e. The van der Waals surface area contributed by atoms with Crippen LogP contribution in [0.3, 0.4) is 0 Å². The molecule has 6 nitrogen and oxygen atoms in total. The van der Waals surface area contributed by atoms with E-state index in [-0.39, 0.29) is 19.0 Å². The number of rotatable bonds is 7. The molecular formula is C22H25FN2O4. The number of esters is 1. The predicted molar refractivity (Wildman–Crippen MR) is 106 cm³/mol. The Hall–Kier alpha value is -2.77. The normalized spacial score (nSPS) is 14.4. The number of hydrogen-bond acceptors (Lipinski definition) is 5. The summed E-state index contributed by atoms with van der Waals surface area (Å²) in [6, 6.07) is 13.4. The number of benzene rings is 2. The maximum Gasteiger partial charge on any atom is 0.338 e. The molecule has 29 heavy (non-hydrogen) atoms. The van der Waals surface area contributed by atoms with Crippen molar-refractivity contribution in [1.29, 1.82) is 0 Å². The van der Waals surface area contributed by atoms with Crippen molar-refractivity contribution in [3.05, 3.63) is 71.0 Å². The van der Waals surface area contributed by atoms with Gasteiger partial charge in [0.05, 0.1) is 18.8 Å². The lowest BCUT2D eigenvalue weighted by molar-refractivity contribution is -0.133. The van der Waals surface area contributed by atoms with Gasteiger partial charge in [0, 0.05) is 38.8 Å². The van der Waals surface area contributed by atoms with Gasteiger partial charge in [-0.15, -0.1) is 0 Å². The molecule has 1 fully saturated rings. The molecule has 1 saturated heterocycles. The van der Waals surface area contributed by atoms with Crippen molar-refractivity contribution in [3.8, 4) is 0 Å². The van der Waals surface area contributed by atoms with Gasteiger partial charge < -0.3 is 14.4 Å². The van der Waals surface area contributed by atoms with E-state index in [9.17, 15) is 14.0 Å². The van der Waals surface area contributed by atoms with E-state index >= 15 is 0 Å². The molecular weight excluding hydrogens is 375 g/mol. The zero-order valence-electron chi connectivity index (χ0n) is 16.5. The van der Waals surface area contributed by atoms with Gasteiger partial charge in [0.25, 0.3) is 5.91 Å². The molecule has 0 atom stereocenters. The minimum absolute atomic E-state index is 0.110. The molecule has 0 spiro atoms. The first-order chi connectivity index (χ1) is 14.0. The summed E-state index contributed by atoms with van der Waals surface area (Å²) in [6.07, 6.45) is 0. The molecule has 0 aromatic heterocycles. The standard InChI is InChI=1S/C22H25FN2O4/c1-24(15-19-4-2-3-5-20(19)23)21(26)16-29-22(27)18-8-6-17(7-9-18)14-25-10-12-28-13-11-25/h2-9H,10-16H2,1H3. The topological polar surface area (TPSA) is 59.1 Å². The van der Waals surface area contributed by atoms with Crippen LogP contribution in [0.1, 0.15) is 21.5 Å². The van der Waals surface area contributed by atoms with Crippen LogP contribution in [-0.4, -0.2) is 61.6 Å². The van der Waals surface area contributed by atoms with Crippen molar-refractivity contribution in [1.82, 2.24) is 9.80 Å². The summed E-state index contributed by atoms with van der Waals surface area (Å²) < 4.78 is 24.2. The number of likely N-dealkylation sites (N-methyl/N-ethyl adjacent to an activating group) is 1. The maximum atomic E-state index is 13.7. The molecule has 1 aliphatic rings. The number of morpholine rings is 1. The van der Waals surface area contributed by atoms with Crippen LogP contribution in [0.5, 0.6) is 0 Å². The van der Waals surface area contributed by atoms with Gasteiger partial charge in [0.2, 0.25) is 0 Å². The molecule has 0 bridgehead atoms. The third-order valence-corrected chi connectivity index (χ3v) is 4.82. The minimum Gasteiger partial charge on any atom is -0.452 e. The number of carbonyl (C=O) groups is 2. The third kappa shape index (κ3) is 6.10. The van der Waals surface area contributed by atoms with Crippen LogP contribution in [0.4, 0.5) is 4.39 Å². The van der Waals surface area contributed by atoms with Gasteiger partial charge in [0.15, 0.2) is 6.61 Å². The summed E-state index contributed by atoms with van der Waals surface area (Å²) in [7, 11) is 1.54. The Morgan fingerprint density at radius 1 is 1.10 bits per heavy atom. The zero-order chi connectivity index (χ0) is 20.6. The van der Waals surface area contributed by atoms with E-state index in [0.29, 0.717) is 11.1 Å². The summed E-state index contributed by atoms with van der Waals surface area (Å²) in [4.78, 5) is 28.0. The first-order valence-electron chi connectivity index (χ1n) is 9.56. The fourth-order valence-corrected chi connectivity index (χ4v) is 3.05. The number of carbonyl (C=O) groups excluding carboxylic acids is 2. The monoisotopic (exact) mass is 400 g/mol. The lowest BCUT2D eigenvalue weighted by Gasteiger charge is -2.26. The molecule has 2 aromatic rings. The molecule has 1 aliphatic heterocycles. The molecule has 1 amide bonds. The lowest BCUT2D eigenvalue weighted by atomic mass is 10.1. The third-order valence-electron chi connectivity index (χ3n) is 4.82. The van der Waals surface area contributed by atoms with Gasteiger partial charge in [-0.3, -0.25) is 9.69 Å². The van der Waals surface area contributed by atoms with E-state index in [4.69, 9.17) is 9.47 Å². The summed E-state index contributed by atoms with van der Waals surface area (Å²) in [5.74, 6) is -1.33. The molecule has 2 aromatic carbocycles. The SMILES string of the molecule is CN(Cc1ccccc1F)C(=O)COC(=O)c1ccc(CN2CCOCC2)cc1. The van der Waals surface area contributed by atoms with Crippen molar-refractivity contribution in [3.63, 3.8) is 0 Å².